The molecule has 138 valence electrons. The number of rotatable bonds is 7. The van der Waals surface area contributed by atoms with Gasteiger partial charge in [0.25, 0.3) is 0 Å². The molecule has 0 atom stereocenters. The predicted molar refractivity (Wildman–Crippen MR) is 95.3 cm³/mol. The lowest BCUT2D eigenvalue weighted by Gasteiger charge is -2.11. The molecule has 0 aliphatic carbocycles. The Bertz CT molecular complexity index is 788. The second-order valence-electron chi connectivity index (χ2n) is 5.75. The SMILES string of the molecule is C=C(C)COc1cccc(NC(=O)CNc2cccc(C(F)(F)F)c2)c1. The summed E-state index contributed by atoms with van der Waals surface area (Å²) in [5, 5.41) is 5.34. The standard InChI is InChI=1S/C19H19F3N2O2/c1-13(2)12-26-17-8-4-7-16(10-17)24-18(25)11-23-15-6-3-5-14(9-15)19(20,21)22/h3-10,23H,1,11-12H2,2H3,(H,24,25). The van der Waals surface area contributed by atoms with Crippen LogP contribution in [-0.2, 0) is 11.0 Å². The summed E-state index contributed by atoms with van der Waals surface area (Å²) < 4.78 is 43.5. The number of alkyl halides is 3. The van der Waals surface area contributed by atoms with Gasteiger partial charge < -0.3 is 15.4 Å². The minimum absolute atomic E-state index is 0.168. The van der Waals surface area contributed by atoms with Crippen LogP contribution in [0.5, 0.6) is 5.75 Å². The van der Waals surface area contributed by atoms with Gasteiger partial charge in [-0.2, -0.15) is 13.2 Å². The number of amides is 1. The average molecular weight is 364 g/mol. The Morgan fingerprint density at radius 1 is 1.12 bits per heavy atom. The fourth-order valence-electron chi connectivity index (χ4n) is 2.06. The van der Waals surface area contributed by atoms with Crippen LogP contribution in [0, 0.1) is 0 Å². The average Bonchev–Trinajstić information content (AvgIpc) is 2.58. The molecule has 1 amide bonds. The first-order chi connectivity index (χ1) is 12.2. The van der Waals surface area contributed by atoms with Crippen molar-refractivity contribution in [3.05, 3.63) is 66.2 Å². The maximum atomic E-state index is 12.7. The first-order valence-electron chi connectivity index (χ1n) is 7.82. The van der Waals surface area contributed by atoms with Crippen molar-refractivity contribution in [2.45, 2.75) is 13.1 Å². The summed E-state index contributed by atoms with van der Waals surface area (Å²) in [6.45, 7) is 5.78. The van der Waals surface area contributed by atoms with Gasteiger partial charge in [0.2, 0.25) is 5.91 Å². The summed E-state index contributed by atoms with van der Waals surface area (Å²) in [7, 11) is 0. The summed E-state index contributed by atoms with van der Waals surface area (Å²) in [5.41, 5.74) is 0.837. The Kier molecular flexibility index (Phi) is 6.27. The van der Waals surface area contributed by atoms with E-state index in [4.69, 9.17) is 4.74 Å². The maximum Gasteiger partial charge on any atom is 0.416 e. The van der Waals surface area contributed by atoms with Crippen LogP contribution in [0.15, 0.2) is 60.7 Å². The molecule has 4 nitrogen and oxygen atoms in total. The fraction of sp³-hybridized carbons (Fsp3) is 0.211. The number of carbonyl (C=O) groups excluding carboxylic acids is 1. The van der Waals surface area contributed by atoms with E-state index in [1.807, 2.05) is 6.92 Å². The summed E-state index contributed by atoms with van der Waals surface area (Å²) in [4.78, 5) is 12.0. The summed E-state index contributed by atoms with van der Waals surface area (Å²) >= 11 is 0. The van der Waals surface area contributed by atoms with Crippen LogP contribution < -0.4 is 15.4 Å². The molecule has 26 heavy (non-hydrogen) atoms. The highest BCUT2D eigenvalue weighted by Gasteiger charge is 2.30. The molecular weight excluding hydrogens is 345 g/mol. The zero-order valence-electron chi connectivity index (χ0n) is 14.2. The molecule has 0 bridgehead atoms. The molecule has 2 aromatic carbocycles. The van der Waals surface area contributed by atoms with Gasteiger partial charge in [-0.05, 0) is 42.8 Å². The van der Waals surface area contributed by atoms with Gasteiger partial charge in [0.1, 0.15) is 12.4 Å². The summed E-state index contributed by atoms with van der Waals surface area (Å²) in [6, 6.07) is 11.5. The van der Waals surface area contributed by atoms with Gasteiger partial charge >= 0.3 is 6.18 Å². The molecule has 0 aromatic heterocycles. The Morgan fingerprint density at radius 2 is 1.81 bits per heavy atom. The van der Waals surface area contributed by atoms with E-state index in [9.17, 15) is 18.0 Å². The van der Waals surface area contributed by atoms with E-state index in [1.165, 1.54) is 12.1 Å². The zero-order chi connectivity index (χ0) is 19.2. The molecule has 2 rings (SSSR count). The number of halogens is 3. The molecule has 0 saturated carbocycles. The lowest BCUT2D eigenvalue weighted by atomic mass is 10.2. The molecule has 7 heteroatoms. The molecule has 0 unspecified atom stereocenters. The van der Waals surface area contributed by atoms with Crippen molar-refractivity contribution in [2.75, 3.05) is 23.8 Å². The van der Waals surface area contributed by atoms with Crippen molar-refractivity contribution in [1.29, 1.82) is 0 Å². The van der Waals surface area contributed by atoms with Gasteiger partial charge in [0.05, 0.1) is 12.1 Å². The molecule has 0 aliphatic rings. The van der Waals surface area contributed by atoms with Crippen molar-refractivity contribution in [2.24, 2.45) is 0 Å². The Balaban J connectivity index is 1.91. The van der Waals surface area contributed by atoms with E-state index in [2.05, 4.69) is 17.2 Å². The molecule has 2 aromatic rings. The zero-order valence-corrected chi connectivity index (χ0v) is 14.2. The largest absolute Gasteiger partial charge is 0.489 e. The maximum absolute atomic E-state index is 12.7. The second kappa shape index (κ2) is 8.42. The van der Waals surface area contributed by atoms with Crippen LogP contribution in [0.3, 0.4) is 0 Å². The topological polar surface area (TPSA) is 50.4 Å². The van der Waals surface area contributed by atoms with Crippen molar-refractivity contribution >= 4 is 17.3 Å². The lowest BCUT2D eigenvalue weighted by Crippen LogP contribution is -2.22. The number of nitrogens with one attached hydrogen (secondary N) is 2. The highest BCUT2D eigenvalue weighted by atomic mass is 19.4. The lowest BCUT2D eigenvalue weighted by molar-refractivity contribution is -0.137. The molecular formula is C19H19F3N2O2. The summed E-state index contributed by atoms with van der Waals surface area (Å²) in [5.74, 6) is 0.191. The number of hydrogen-bond donors (Lipinski definition) is 2. The van der Waals surface area contributed by atoms with Crippen molar-refractivity contribution in [1.82, 2.24) is 0 Å². The van der Waals surface area contributed by atoms with Crippen molar-refractivity contribution < 1.29 is 22.7 Å². The third-order valence-electron chi connectivity index (χ3n) is 3.25. The van der Waals surface area contributed by atoms with Crippen LogP contribution in [0.4, 0.5) is 24.5 Å². The first-order valence-corrected chi connectivity index (χ1v) is 7.82. The van der Waals surface area contributed by atoms with Crippen LogP contribution >= 0.6 is 0 Å². The molecule has 0 spiro atoms. The summed E-state index contributed by atoms with van der Waals surface area (Å²) in [6.07, 6.45) is -4.43. The van der Waals surface area contributed by atoms with Gasteiger partial charge in [0.15, 0.2) is 0 Å². The third kappa shape index (κ3) is 6.16. The van der Waals surface area contributed by atoms with E-state index in [-0.39, 0.29) is 18.1 Å². The minimum atomic E-state index is -4.43. The number of hydrogen-bond acceptors (Lipinski definition) is 3. The van der Waals surface area contributed by atoms with E-state index in [1.54, 1.807) is 24.3 Å². The predicted octanol–water partition coefficient (Wildman–Crippen LogP) is 4.71. The quantitative estimate of drug-likeness (QED) is 0.700. The Morgan fingerprint density at radius 3 is 2.50 bits per heavy atom. The molecule has 0 aliphatic heterocycles. The van der Waals surface area contributed by atoms with Gasteiger partial charge in [-0.1, -0.05) is 18.7 Å². The van der Waals surface area contributed by atoms with E-state index < -0.39 is 11.7 Å². The molecule has 2 N–H and O–H groups in total. The van der Waals surface area contributed by atoms with Gasteiger partial charge in [0, 0.05) is 17.4 Å². The fourth-order valence-corrected chi connectivity index (χ4v) is 2.06. The van der Waals surface area contributed by atoms with Crippen molar-refractivity contribution in [3.63, 3.8) is 0 Å². The number of benzene rings is 2. The number of anilines is 2. The van der Waals surface area contributed by atoms with E-state index in [0.717, 1.165) is 17.7 Å². The normalized spacial score (nSPS) is 10.9. The van der Waals surface area contributed by atoms with Crippen LogP contribution in [0.2, 0.25) is 0 Å². The van der Waals surface area contributed by atoms with Gasteiger partial charge in [-0.25, -0.2) is 0 Å². The van der Waals surface area contributed by atoms with E-state index >= 15 is 0 Å². The number of ether oxygens (including phenoxy) is 1. The second-order valence-corrected chi connectivity index (χ2v) is 5.75. The highest BCUT2D eigenvalue weighted by molar-refractivity contribution is 5.93. The molecule has 0 radical (unpaired) electrons. The van der Waals surface area contributed by atoms with Gasteiger partial charge in [-0.15, -0.1) is 0 Å². The highest BCUT2D eigenvalue weighted by Crippen LogP contribution is 2.30. The first kappa shape index (κ1) is 19.4. The van der Waals surface area contributed by atoms with Crippen LogP contribution in [0.25, 0.3) is 0 Å². The van der Waals surface area contributed by atoms with Crippen LogP contribution in [-0.4, -0.2) is 19.1 Å². The monoisotopic (exact) mass is 364 g/mol. The Labute approximate surface area is 149 Å². The Hall–Kier alpha value is -2.96. The molecule has 0 fully saturated rings. The van der Waals surface area contributed by atoms with Crippen molar-refractivity contribution in [3.8, 4) is 5.75 Å². The smallest absolute Gasteiger partial charge is 0.416 e. The van der Waals surface area contributed by atoms with Crippen LogP contribution in [0.1, 0.15) is 12.5 Å². The number of carbonyl (C=O) groups is 1. The third-order valence-corrected chi connectivity index (χ3v) is 3.25. The molecule has 0 heterocycles. The minimum Gasteiger partial charge on any atom is -0.489 e. The van der Waals surface area contributed by atoms with Gasteiger partial charge in [-0.3, -0.25) is 4.79 Å². The molecule has 0 saturated heterocycles. The van der Waals surface area contributed by atoms with E-state index in [0.29, 0.717) is 18.0 Å².